The first-order valence-corrected chi connectivity index (χ1v) is 10.8. The van der Waals surface area contributed by atoms with Crippen molar-refractivity contribution in [1.82, 2.24) is 10.2 Å². The molecule has 6 heteroatoms. The summed E-state index contributed by atoms with van der Waals surface area (Å²) in [5.41, 5.74) is 1.66. The Morgan fingerprint density at radius 2 is 1.93 bits per heavy atom. The number of carbonyl (C=O) groups excluding carboxylic acids is 1. The lowest BCUT2D eigenvalue weighted by Crippen LogP contribution is -2.54. The Kier molecular flexibility index (Phi) is 8.32. The molecule has 2 rings (SSSR count). The van der Waals surface area contributed by atoms with Crippen molar-refractivity contribution in [2.75, 3.05) is 47.1 Å². The molecule has 0 aliphatic carbocycles. The van der Waals surface area contributed by atoms with E-state index in [1.165, 1.54) is 11.1 Å². The topological polar surface area (TPSA) is 60.0 Å². The molecule has 2 aliphatic rings. The number of carbonyl (C=O) groups is 1. The fourth-order valence-corrected chi connectivity index (χ4v) is 3.98. The van der Waals surface area contributed by atoms with Gasteiger partial charge in [0.05, 0.1) is 12.1 Å². The molecule has 2 heterocycles. The lowest BCUT2D eigenvalue weighted by Gasteiger charge is -2.38. The average molecular weight is 409 g/mol. The van der Waals surface area contributed by atoms with Crippen LogP contribution in [0.4, 0.5) is 0 Å². The predicted molar refractivity (Wildman–Crippen MR) is 115 cm³/mol. The van der Waals surface area contributed by atoms with Crippen LogP contribution in [0.25, 0.3) is 0 Å². The summed E-state index contributed by atoms with van der Waals surface area (Å²) in [6, 6.07) is 0. The van der Waals surface area contributed by atoms with Gasteiger partial charge < -0.3 is 14.2 Å². The lowest BCUT2D eigenvalue weighted by atomic mass is 9.80. The second-order valence-electron chi connectivity index (χ2n) is 9.43. The van der Waals surface area contributed by atoms with Gasteiger partial charge in [-0.1, -0.05) is 20.8 Å². The van der Waals surface area contributed by atoms with Gasteiger partial charge >= 0.3 is 0 Å². The highest BCUT2D eigenvalue weighted by atomic mass is 16.5. The van der Waals surface area contributed by atoms with Gasteiger partial charge in [0.25, 0.3) is 0 Å². The smallest absolute Gasteiger partial charge is 0.246 e. The van der Waals surface area contributed by atoms with Crippen molar-refractivity contribution in [1.29, 1.82) is 0 Å². The second kappa shape index (κ2) is 10.1. The van der Waals surface area contributed by atoms with Crippen LogP contribution in [0.5, 0.6) is 0 Å². The number of nitrogens with one attached hydrogen (secondary N) is 1. The number of allylic oxidation sites excluding steroid dienone is 1. The van der Waals surface area contributed by atoms with Crippen LogP contribution >= 0.6 is 0 Å². The Hall–Kier alpha value is -1.37. The van der Waals surface area contributed by atoms with Crippen LogP contribution in [-0.4, -0.2) is 63.5 Å². The molecule has 2 aliphatic heterocycles. The maximum absolute atomic E-state index is 13.1. The third kappa shape index (κ3) is 6.06. The van der Waals surface area contributed by atoms with Gasteiger partial charge in [-0.15, -0.1) is 0 Å². The third-order valence-corrected chi connectivity index (χ3v) is 6.34. The summed E-state index contributed by atoms with van der Waals surface area (Å²) in [5, 5.41) is 3.02. The molecule has 0 saturated carbocycles. The molecule has 0 spiro atoms. The SMILES string of the molecule is CCC1=C(C(C)(C)COC)C=C(NC(=O)C(C)(C)N(C)CC2CCOCC2)OC1. The molecule has 1 N–H and O–H groups in total. The molecule has 1 fully saturated rings. The van der Waals surface area contributed by atoms with Crippen molar-refractivity contribution in [2.24, 2.45) is 11.3 Å². The van der Waals surface area contributed by atoms with Gasteiger partial charge in [-0.3, -0.25) is 15.0 Å². The molecular weight excluding hydrogens is 368 g/mol. The van der Waals surface area contributed by atoms with E-state index in [4.69, 9.17) is 14.2 Å². The number of ether oxygens (including phenoxy) is 3. The first kappa shape index (κ1) is 23.9. The third-order valence-electron chi connectivity index (χ3n) is 6.34. The summed E-state index contributed by atoms with van der Waals surface area (Å²) < 4.78 is 16.7. The van der Waals surface area contributed by atoms with Gasteiger partial charge in [-0.2, -0.15) is 0 Å². The molecule has 1 saturated heterocycles. The maximum Gasteiger partial charge on any atom is 0.246 e. The normalized spacial score (nSPS) is 19.2. The fourth-order valence-electron chi connectivity index (χ4n) is 3.98. The zero-order valence-electron chi connectivity index (χ0n) is 19.4. The molecule has 0 radical (unpaired) electrons. The molecule has 0 unspecified atom stereocenters. The van der Waals surface area contributed by atoms with Gasteiger partial charge in [0.15, 0.2) is 5.88 Å². The van der Waals surface area contributed by atoms with Gasteiger partial charge in [-0.25, -0.2) is 0 Å². The molecule has 0 bridgehead atoms. The van der Waals surface area contributed by atoms with Gasteiger partial charge in [0.2, 0.25) is 5.91 Å². The van der Waals surface area contributed by atoms with E-state index < -0.39 is 5.54 Å². The van der Waals surface area contributed by atoms with Crippen molar-refractivity contribution >= 4 is 5.91 Å². The molecular formula is C23H40N2O4. The van der Waals surface area contributed by atoms with E-state index in [1.807, 2.05) is 27.0 Å². The first-order chi connectivity index (χ1) is 13.6. The number of hydrogen-bond acceptors (Lipinski definition) is 5. The Labute approximate surface area is 176 Å². The monoisotopic (exact) mass is 408 g/mol. The van der Waals surface area contributed by atoms with Crippen LogP contribution in [0.15, 0.2) is 23.1 Å². The summed E-state index contributed by atoms with van der Waals surface area (Å²) >= 11 is 0. The second-order valence-corrected chi connectivity index (χ2v) is 9.43. The summed E-state index contributed by atoms with van der Waals surface area (Å²) in [4.78, 5) is 15.3. The summed E-state index contributed by atoms with van der Waals surface area (Å²) in [7, 11) is 3.74. The molecule has 1 amide bonds. The fraction of sp³-hybridized carbons (Fsp3) is 0.783. The van der Waals surface area contributed by atoms with E-state index in [9.17, 15) is 4.79 Å². The summed E-state index contributed by atoms with van der Waals surface area (Å²) in [6.07, 6.45) is 5.00. The minimum atomic E-state index is -0.639. The van der Waals surface area contributed by atoms with Crippen LogP contribution < -0.4 is 5.32 Å². The van der Waals surface area contributed by atoms with E-state index in [2.05, 4.69) is 31.0 Å². The zero-order chi connectivity index (χ0) is 21.7. The van der Waals surface area contributed by atoms with E-state index in [-0.39, 0.29) is 11.3 Å². The van der Waals surface area contributed by atoms with E-state index in [0.29, 0.717) is 25.0 Å². The molecule has 0 aromatic carbocycles. The number of rotatable bonds is 9. The van der Waals surface area contributed by atoms with Gasteiger partial charge in [0.1, 0.15) is 6.61 Å². The lowest BCUT2D eigenvalue weighted by molar-refractivity contribution is -0.131. The van der Waals surface area contributed by atoms with Gasteiger partial charge in [-0.05, 0) is 57.2 Å². The zero-order valence-corrected chi connectivity index (χ0v) is 19.4. The molecule has 0 aromatic rings. The molecule has 29 heavy (non-hydrogen) atoms. The quantitative estimate of drug-likeness (QED) is 0.633. The highest BCUT2D eigenvalue weighted by Crippen LogP contribution is 2.35. The minimum absolute atomic E-state index is 0.0536. The minimum Gasteiger partial charge on any atom is -0.474 e. The van der Waals surface area contributed by atoms with Gasteiger partial charge in [0, 0.05) is 38.4 Å². The van der Waals surface area contributed by atoms with Crippen LogP contribution in [0.2, 0.25) is 0 Å². The average Bonchev–Trinajstić information content (AvgIpc) is 2.68. The number of hydrogen-bond donors (Lipinski definition) is 1. The number of likely N-dealkylation sites (N-methyl/N-ethyl adjacent to an activating group) is 1. The standard InChI is InChI=1S/C23H40N2O4/c1-8-18-15-29-20(13-19(18)22(2,3)16-27-7)24-21(26)23(4,5)25(6)14-17-9-11-28-12-10-17/h13,17H,8-12,14-16H2,1-7H3,(H,24,26). The van der Waals surface area contributed by atoms with Crippen LogP contribution in [0, 0.1) is 11.3 Å². The Morgan fingerprint density at radius 3 is 2.52 bits per heavy atom. The summed E-state index contributed by atoms with van der Waals surface area (Å²) in [6.45, 7) is 14.0. The highest BCUT2D eigenvalue weighted by Gasteiger charge is 2.35. The number of methoxy groups -OCH3 is 1. The highest BCUT2D eigenvalue weighted by molar-refractivity contribution is 5.86. The molecule has 166 valence electrons. The van der Waals surface area contributed by atoms with E-state index >= 15 is 0 Å². The Bertz CT molecular complexity index is 631. The van der Waals surface area contributed by atoms with Crippen LogP contribution in [-0.2, 0) is 19.0 Å². The predicted octanol–water partition coefficient (Wildman–Crippen LogP) is 3.49. The summed E-state index contributed by atoms with van der Waals surface area (Å²) in [5.74, 6) is 1.04. The van der Waals surface area contributed by atoms with Crippen molar-refractivity contribution in [3.05, 3.63) is 23.1 Å². The molecule has 6 nitrogen and oxygen atoms in total. The molecule has 0 atom stereocenters. The largest absolute Gasteiger partial charge is 0.474 e. The Balaban J connectivity index is 2.09. The number of nitrogens with zero attached hydrogens (tertiary/aromatic N) is 1. The van der Waals surface area contributed by atoms with Crippen LogP contribution in [0.3, 0.4) is 0 Å². The van der Waals surface area contributed by atoms with E-state index in [0.717, 1.165) is 39.0 Å². The first-order valence-electron chi connectivity index (χ1n) is 10.8. The molecule has 0 aromatic heterocycles. The van der Waals surface area contributed by atoms with Crippen molar-refractivity contribution < 1.29 is 19.0 Å². The maximum atomic E-state index is 13.1. The van der Waals surface area contributed by atoms with Crippen molar-refractivity contribution in [3.8, 4) is 0 Å². The van der Waals surface area contributed by atoms with E-state index in [1.54, 1.807) is 7.11 Å². The van der Waals surface area contributed by atoms with Crippen molar-refractivity contribution in [2.45, 2.75) is 59.4 Å². The van der Waals surface area contributed by atoms with Crippen LogP contribution in [0.1, 0.15) is 53.9 Å². The Morgan fingerprint density at radius 1 is 1.28 bits per heavy atom. The van der Waals surface area contributed by atoms with Crippen molar-refractivity contribution in [3.63, 3.8) is 0 Å². The number of amides is 1.